The molecule has 0 heterocycles. The number of nitrogens with zero attached hydrogens (tertiary/aromatic N) is 1. The second kappa shape index (κ2) is 12.2. The summed E-state index contributed by atoms with van der Waals surface area (Å²) in [7, 11) is 0. The number of hydrazone groups is 1. The standard InChI is InChI=1S/C28H20BrClN2O4/c29-23-9-5-22(6-10-23)28(34)36-26-13-3-19(4-14-26)17-31-32-27(33)21-7-15-25(16-8-21)35-18-20-1-11-24(30)12-2-20/h1-17H,18H2,(H,32,33)/b31-17-. The predicted octanol–water partition coefficient (Wildman–Crippen LogP) is 6.66. The number of carbonyl (C=O) groups is 2. The van der Waals surface area contributed by atoms with Crippen LogP contribution in [0.4, 0.5) is 0 Å². The second-order valence-corrected chi connectivity index (χ2v) is 8.96. The highest BCUT2D eigenvalue weighted by atomic mass is 79.9. The Balaban J connectivity index is 1.25. The van der Waals surface area contributed by atoms with E-state index in [1.54, 1.807) is 72.8 Å². The third kappa shape index (κ3) is 7.28. The molecule has 1 N–H and O–H groups in total. The largest absolute Gasteiger partial charge is 0.489 e. The Labute approximate surface area is 221 Å². The summed E-state index contributed by atoms with van der Waals surface area (Å²) in [5.74, 6) is 0.251. The number of rotatable bonds is 8. The molecule has 36 heavy (non-hydrogen) atoms. The topological polar surface area (TPSA) is 77.0 Å². The summed E-state index contributed by atoms with van der Waals surface area (Å²) in [6.07, 6.45) is 1.50. The van der Waals surface area contributed by atoms with Crippen molar-refractivity contribution >= 4 is 45.6 Å². The van der Waals surface area contributed by atoms with E-state index in [2.05, 4.69) is 26.5 Å². The summed E-state index contributed by atoms with van der Waals surface area (Å²) >= 11 is 9.22. The molecular formula is C28H20BrClN2O4. The third-order valence-electron chi connectivity index (χ3n) is 4.99. The van der Waals surface area contributed by atoms with Crippen molar-refractivity contribution in [1.29, 1.82) is 0 Å². The fraction of sp³-hybridized carbons (Fsp3) is 0.0357. The molecule has 8 heteroatoms. The van der Waals surface area contributed by atoms with E-state index in [4.69, 9.17) is 21.1 Å². The van der Waals surface area contributed by atoms with Gasteiger partial charge in [0.25, 0.3) is 5.91 Å². The Bertz CT molecular complexity index is 1360. The molecule has 0 atom stereocenters. The number of ether oxygens (including phenoxy) is 2. The van der Waals surface area contributed by atoms with Crippen LogP contribution < -0.4 is 14.9 Å². The minimum Gasteiger partial charge on any atom is -0.489 e. The van der Waals surface area contributed by atoms with Crippen molar-refractivity contribution in [1.82, 2.24) is 5.43 Å². The van der Waals surface area contributed by atoms with E-state index in [0.29, 0.717) is 34.3 Å². The van der Waals surface area contributed by atoms with Gasteiger partial charge in [-0.15, -0.1) is 0 Å². The van der Waals surface area contributed by atoms with E-state index in [9.17, 15) is 9.59 Å². The zero-order chi connectivity index (χ0) is 25.3. The number of hydrogen-bond donors (Lipinski definition) is 1. The van der Waals surface area contributed by atoms with E-state index in [1.165, 1.54) is 6.21 Å². The molecule has 0 fully saturated rings. The monoisotopic (exact) mass is 562 g/mol. The van der Waals surface area contributed by atoms with Crippen molar-refractivity contribution in [3.8, 4) is 11.5 Å². The SMILES string of the molecule is O=C(N/N=C\c1ccc(OC(=O)c2ccc(Br)cc2)cc1)c1ccc(OCc2ccc(Cl)cc2)cc1. The van der Waals surface area contributed by atoms with Crippen LogP contribution in [0.15, 0.2) is 107 Å². The molecule has 4 rings (SSSR count). The minimum atomic E-state index is -0.447. The van der Waals surface area contributed by atoms with E-state index in [1.807, 2.05) is 24.3 Å². The van der Waals surface area contributed by atoms with Gasteiger partial charge in [0.2, 0.25) is 0 Å². The van der Waals surface area contributed by atoms with Crippen LogP contribution in [-0.2, 0) is 6.61 Å². The van der Waals surface area contributed by atoms with E-state index in [0.717, 1.165) is 15.6 Å². The van der Waals surface area contributed by atoms with Crippen LogP contribution in [-0.4, -0.2) is 18.1 Å². The number of halogens is 2. The maximum atomic E-state index is 12.3. The van der Waals surface area contributed by atoms with E-state index in [-0.39, 0.29) is 5.91 Å². The van der Waals surface area contributed by atoms with E-state index < -0.39 is 5.97 Å². The molecule has 4 aromatic rings. The Morgan fingerprint density at radius 3 is 2.08 bits per heavy atom. The lowest BCUT2D eigenvalue weighted by Crippen LogP contribution is -2.17. The molecule has 6 nitrogen and oxygen atoms in total. The van der Waals surface area contributed by atoms with Crippen LogP contribution in [0.25, 0.3) is 0 Å². The molecule has 1 amide bonds. The van der Waals surface area contributed by atoms with Gasteiger partial charge >= 0.3 is 5.97 Å². The van der Waals surface area contributed by atoms with Gasteiger partial charge in [-0.1, -0.05) is 39.7 Å². The molecule has 0 saturated heterocycles. The van der Waals surface area contributed by atoms with Crippen LogP contribution in [0.2, 0.25) is 5.02 Å². The zero-order valence-electron chi connectivity index (χ0n) is 18.9. The quantitative estimate of drug-likeness (QED) is 0.112. The van der Waals surface area contributed by atoms with Gasteiger partial charge in [-0.3, -0.25) is 4.79 Å². The van der Waals surface area contributed by atoms with Crippen LogP contribution >= 0.6 is 27.5 Å². The van der Waals surface area contributed by atoms with Crippen LogP contribution in [0.1, 0.15) is 31.8 Å². The molecule has 180 valence electrons. The number of carbonyl (C=O) groups excluding carboxylic acids is 2. The fourth-order valence-electron chi connectivity index (χ4n) is 3.05. The summed E-state index contributed by atoms with van der Waals surface area (Å²) < 4.78 is 12.0. The molecule has 0 aliphatic rings. The highest BCUT2D eigenvalue weighted by molar-refractivity contribution is 9.10. The highest BCUT2D eigenvalue weighted by Crippen LogP contribution is 2.17. The van der Waals surface area contributed by atoms with Crippen molar-refractivity contribution < 1.29 is 19.1 Å². The zero-order valence-corrected chi connectivity index (χ0v) is 21.2. The summed E-state index contributed by atoms with van der Waals surface area (Å²) in [5, 5.41) is 4.66. The first-order valence-corrected chi connectivity index (χ1v) is 12.0. The van der Waals surface area contributed by atoms with Gasteiger partial charge < -0.3 is 9.47 Å². The maximum Gasteiger partial charge on any atom is 0.343 e. The third-order valence-corrected chi connectivity index (χ3v) is 5.77. The lowest BCUT2D eigenvalue weighted by atomic mass is 10.2. The molecule has 4 aromatic carbocycles. The predicted molar refractivity (Wildman–Crippen MR) is 143 cm³/mol. The molecule has 0 radical (unpaired) electrons. The Kier molecular flexibility index (Phi) is 8.49. The first-order chi connectivity index (χ1) is 17.5. The van der Waals surface area contributed by atoms with Gasteiger partial charge in [-0.25, -0.2) is 10.2 Å². The molecular weight excluding hydrogens is 544 g/mol. The van der Waals surface area contributed by atoms with Gasteiger partial charge in [0.05, 0.1) is 11.8 Å². The van der Waals surface area contributed by atoms with Crippen molar-refractivity contribution in [3.05, 3.63) is 129 Å². The Hall–Kier alpha value is -3.94. The summed E-state index contributed by atoms with van der Waals surface area (Å²) in [5.41, 5.74) is 5.11. The number of benzene rings is 4. The van der Waals surface area contributed by atoms with Crippen molar-refractivity contribution in [2.45, 2.75) is 6.61 Å². The normalized spacial score (nSPS) is 10.7. The lowest BCUT2D eigenvalue weighted by Gasteiger charge is -2.07. The van der Waals surface area contributed by atoms with Gasteiger partial charge in [-0.2, -0.15) is 5.10 Å². The van der Waals surface area contributed by atoms with Gasteiger partial charge in [0.15, 0.2) is 0 Å². The van der Waals surface area contributed by atoms with E-state index >= 15 is 0 Å². The number of nitrogens with one attached hydrogen (secondary N) is 1. The summed E-state index contributed by atoms with van der Waals surface area (Å²) in [6, 6.07) is 27.9. The van der Waals surface area contributed by atoms with Crippen molar-refractivity contribution in [2.75, 3.05) is 0 Å². The molecule has 0 bridgehead atoms. The molecule has 0 saturated carbocycles. The highest BCUT2D eigenvalue weighted by Gasteiger charge is 2.08. The molecule has 0 aromatic heterocycles. The number of esters is 1. The molecule has 0 aliphatic heterocycles. The van der Waals surface area contributed by atoms with Gasteiger partial charge in [-0.05, 0) is 96.1 Å². The van der Waals surface area contributed by atoms with Crippen molar-refractivity contribution in [3.63, 3.8) is 0 Å². The second-order valence-electron chi connectivity index (χ2n) is 7.60. The van der Waals surface area contributed by atoms with Gasteiger partial charge in [0.1, 0.15) is 18.1 Å². The minimum absolute atomic E-state index is 0.351. The number of amides is 1. The Morgan fingerprint density at radius 2 is 1.42 bits per heavy atom. The maximum absolute atomic E-state index is 12.3. The lowest BCUT2D eigenvalue weighted by molar-refractivity contribution is 0.0734. The fourth-order valence-corrected chi connectivity index (χ4v) is 3.44. The first-order valence-electron chi connectivity index (χ1n) is 10.8. The number of hydrogen-bond acceptors (Lipinski definition) is 5. The van der Waals surface area contributed by atoms with Crippen LogP contribution in [0.3, 0.4) is 0 Å². The average Bonchev–Trinajstić information content (AvgIpc) is 2.90. The first kappa shape index (κ1) is 25.2. The van der Waals surface area contributed by atoms with Crippen LogP contribution in [0, 0.1) is 0 Å². The summed E-state index contributed by atoms with van der Waals surface area (Å²) in [4.78, 5) is 24.6. The van der Waals surface area contributed by atoms with Crippen LogP contribution in [0.5, 0.6) is 11.5 Å². The molecule has 0 aliphatic carbocycles. The average molecular weight is 564 g/mol. The summed E-state index contributed by atoms with van der Waals surface area (Å²) in [6.45, 7) is 0.398. The van der Waals surface area contributed by atoms with Gasteiger partial charge in [0, 0.05) is 15.1 Å². The molecule has 0 unspecified atom stereocenters. The molecule has 0 spiro atoms. The van der Waals surface area contributed by atoms with Crippen molar-refractivity contribution in [2.24, 2.45) is 5.10 Å². The Morgan fingerprint density at radius 1 is 0.806 bits per heavy atom. The smallest absolute Gasteiger partial charge is 0.343 e.